The quantitative estimate of drug-likeness (QED) is 0.732. The van der Waals surface area contributed by atoms with E-state index in [9.17, 15) is 13.2 Å². The average molecular weight is 268 g/mol. The fourth-order valence-corrected chi connectivity index (χ4v) is 2.34. The van der Waals surface area contributed by atoms with Crippen LogP contribution < -0.4 is 4.72 Å². The van der Waals surface area contributed by atoms with Crippen LogP contribution in [0.25, 0.3) is 0 Å². The van der Waals surface area contributed by atoms with E-state index in [0.29, 0.717) is 0 Å². The van der Waals surface area contributed by atoms with E-state index in [0.717, 1.165) is 6.20 Å². The maximum Gasteiger partial charge on any atom is 0.340 e. The molecule has 2 heterocycles. The Labute approximate surface area is 102 Å². The van der Waals surface area contributed by atoms with Crippen molar-refractivity contribution in [3.8, 4) is 0 Å². The van der Waals surface area contributed by atoms with Gasteiger partial charge in [0, 0.05) is 6.20 Å². The van der Waals surface area contributed by atoms with Crippen LogP contribution in [0, 0.1) is 0 Å². The Morgan fingerprint density at radius 1 is 1.39 bits per heavy atom. The molecule has 8 nitrogen and oxygen atoms in total. The smallest absolute Gasteiger partial charge is 0.340 e. The molecule has 2 rings (SSSR count). The molecule has 9 heteroatoms. The van der Waals surface area contributed by atoms with Crippen LogP contribution >= 0.6 is 0 Å². The largest absolute Gasteiger partial charge is 0.478 e. The summed E-state index contributed by atoms with van der Waals surface area (Å²) < 4.78 is 25.9. The van der Waals surface area contributed by atoms with E-state index in [4.69, 9.17) is 5.11 Å². The first-order chi connectivity index (χ1) is 8.50. The molecule has 18 heavy (non-hydrogen) atoms. The van der Waals surface area contributed by atoms with Gasteiger partial charge in [-0.25, -0.2) is 9.78 Å². The summed E-state index contributed by atoms with van der Waals surface area (Å²) in [6.45, 7) is 0. The summed E-state index contributed by atoms with van der Waals surface area (Å²) in [7, 11) is -4.06. The van der Waals surface area contributed by atoms with Crippen molar-refractivity contribution in [2.75, 3.05) is 4.72 Å². The SMILES string of the molecule is O=C(O)c1cn[nH]c1S(=O)(=O)Nc1ccccn1. The van der Waals surface area contributed by atoms with Gasteiger partial charge in [0.05, 0.1) is 6.20 Å². The van der Waals surface area contributed by atoms with Crippen LogP contribution in [-0.4, -0.2) is 34.7 Å². The first kappa shape index (κ1) is 12.0. The zero-order valence-electron chi connectivity index (χ0n) is 8.86. The normalized spacial score (nSPS) is 11.1. The molecule has 0 saturated heterocycles. The molecule has 2 aromatic heterocycles. The minimum absolute atomic E-state index is 0.0865. The van der Waals surface area contributed by atoms with Gasteiger partial charge < -0.3 is 5.11 Å². The summed E-state index contributed by atoms with van der Waals surface area (Å²) in [5, 5.41) is 13.8. The van der Waals surface area contributed by atoms with E-state index < -0.39 is 26.6 Å². The van der Waals surface area contributed by atoms with Gasteiger partial charge in [0.1, 0.15) is 11.4 Å². The van der Waals surface area contributed by atoms with Crippen molar-refractivity contribution in [1.82, 2.24) is 15.2 Å². The van der Waals surface area contributed by atoms with Crippen LogP contribution in [0.15, 0.2) is 35.6 Å². The molecule has 94 valence electrons. The Morgan fingerprint density at radius 3 is 2.78 bits per heavy atom. The van der Waals surface area contributed by atoms with E-state index in [1.165, 1.54) is 12.3 Å². The maximum atomic E-state index is 11.9. The minimum atomic E-state index is -4.06. The van der Waals surface area contributed by atoms with E-state index in [-0.39, 0.29) is 5.82 Å². The highest BCUT2D eigenvalue weighted by Gasteiger charge is 2.25. The number of pyridine rings is 1. The number of rotatable bonds is 4. The van der Waals surface area contributed by atoms with Crippen molar-refractivity contribution in [3.63, 3.8) is 0 Å². The van der Waals surface area contributed by atoms with Crippen LogP contribution in [0.4, 0.5) is 5.82 Å². The number of aromatic nitrogens is 3. The molecule has 0 aliphatic rings. The molecule has 2 aromatic rings. The van der Waals surface area contributed by atoms with Gasteiger partial charge in [-0.3, -0.25) is 9.82 Å². The molecule has 0 fully saturated rings. The number of sulfonamides is 1. The second-order valence-electron chi connectivity index (χ2n) is 3.24. The van der Waals surface area contributed by atoms with Crippen LogP contribution in [-0.2, 0) is 10.0 Å². The minimum Gasteiger partial charge on any atom is -0.478 e. The third-order valence-corrected chi connectivity index (χ3v) is 3.33. The highest BCUT2D eigenvalue weighted by molar-refractivity contribution is 7.92. The molecule has 0 unspecified atom stereocenters. The molecular formula is C9H8N4O4S. The number of carbonyl (C=O) groups is 1. The van der Waals surface area contributed by atoms with Crippen LogP contribution in [0.3, 0.4) is 0 Å². The Kier molecular flexibility index (Phi) is 2.98. The van der Waals surface area contributed by atoms with Crippen molar-refractivity contribution in [3.05, 3.63) is 36.2 Å². The number of aromatic carboxylic acids is 1. The van der Waals surface area contributed by atoms with Gasteiger partial charge in [0.25, 0.3) is 10.0 Å². The van der Waals surface area contributed by atoms with Gasteiger partial charge in [-0.05, 0) is 12.1 Å². The van der Waals surface area contributed by atoms with E-state index in [2.05, 4.69) is 19.9 Å². The number of hydrogen-bond donors (Lipinski definition) is 3. The highest BCUT2D eigenvalue weighted by atomic mass is 32.2. The molecule has 0 amide bonds. The summed E-state index contributed by atoms with van der Waals surface area (Å²) in [4.78, 5) is 14.6. The van der Waals surface area contributed by atoms with Gasteiger partial charge in [0.2, 0.25) is 0 Å². The first-order valence-electron chi connectivity index (χ1n) is 4.71. The van der Waals surface area contributed by atoms with E-state index in [1.54, 1.807) is 12.1 Å². The zero-order valence-corrected chi connectivity index (χ0v) is 9.68. The monoisotopic (exact) mass is 268 g/mol. The number of nitrogens with one attached hydrogen (secondary N) is 2. The molecule has 0 aromatic carbocycles. The average Bonchev–Trinajstić information content (AvgIpc) is 2.79. The van der Waals surface area contributed by atoms with Crippen molar-refractivity contribution in [2.45, 2.75) is 5.03 Å². The molecule has 0 saturated carbocycles. The number of aromatic amines is 1. The molecule has 0 spiro atoms. The lowest BCUT2D eigenvalue weighted by Gasteiger charge is -2.05. The van der Waals surface area contributed by atoms with Crippen LogP contribution in [0.5, 0.6) is 0 Å². The third kappa shape index (κ3) is 2.30. The van der Waals surface area contributed by atoms with Crippen molar-refractivity contribution < 1.29 is 18.3 Å². The molecular weight excluding hydrogens is 260 g/mol. The maximum absolute atomic E-state index is 11.9. The summed E-state index contributed by atoms with van der Waals surface area (Å²) in [6, 6.07) is 4.65. The lowest BCUT2D eigenvalue weighted by Crippen LogP contribution is -2.17. The second kappa shape index (κ2) is 4.45. The Hall–Kier alpha value is -2.42. The summed E-state index contributed by atoms with van der Waals surface area (Å²) in [5.41, 5.74) is -0.432. The van der Waals surface area contributed by atoms with Gasteiger partial charge in [-0.1, -0.05) is 6.07 Å². The standard InChI is InChI=1S/C9H8N4O4S/c14-9(15)6-5-11-12-8(6)18(16,17)13-7-3-1-2-4-10-7/h1-5H,(H,10,13)(H,11,12)(H,14,15). The number of H-pyrrole nitrogens is 1. The predicted octanol–water partition coefficient (Wildman–Crippen LogP) is 0.304. The van der Waals surface area contributed by atoms with Gasteiger partial charge in [0.15, 0.2) is 5.03 Å². The van der Waals surface area contributed by atoms with Gasteiger partial charge in [-0.15, -0.1) is 0 Å². The summed E-state index contributed by atoms with van der Waals surface area (Å²) in [6.07, 6.45) is 2.33. The first-order valence-corrected chi connectivity index (χ1v) is 6.19. The molecule has 0 aliphatic carbocycles. The fraction of sp³-hybridized carbons (Fsp3) is 0. The van der Waals surface area contributed by atoms with Gasteiger partial charge >= 0.3 is 5.97 Å². The molecule has 0 radical (unpaired) electrons. The summed E-state index contributed by atoms with van der Waals surface area (Å²) in [5.74, 6) is -1.30. The molecule has 0 atom stereocenters. The summed E-state index contributed by atoms with van der Waals surface area (Å²) >= 11 is 0. The second-order valence-corrected chi connectivity index (χ2v) is 4.86. The fourth-order valence-electron chi connectivity index (χ4n) is 1.24. The van der Waals surface area contributed by atoms with Crippen LogP contribution in [0.1, 0.15) is 10.4 Å². The molecule has 0 bridgehead atoms. The topological polar surface area (TPSA) is 125 Å². The lowest BCUT2D eigenvalue weighted by molar-refractivity contribution is 0.0692. The van der Waals surface area contributed by atoms with Crippen molar-refractivity contribution in [2.24, 2.45) is 0 Å². The Balaban J connectivity index is 2.37. The molecule has 0 aliphatic heterocycles. The number of anilines is 1. The Morgan fingerprint density at radius 2 is 2.17 bits per heavy atom. The highest BCUT2D eigenvalue weighted by Crippen LogP contribution is 2.15. The lowest BCUT2D eigenvalue weighted by atomic mass is 10.4. The number of hydrogen-bond acceptors (Lipinski definition) is 5. The van der Waals surface area contributed by atoms with Crippen LogP contribution in [0.2, 0.25) is 0 Å². The molecule has 3 N–H and O–H groups in total. The van der Waals surface area contributed by atoms with Crippen molar-refractivity contribution in [1.29, 1.82) is 0 Å². The van der Waals surface area contributed by atoms with E-state index in [1.807, 2.05) is 0 Å². The number of carboxylic acids is 1. The van der Waals surface area contributed by atoms with Gasteiger partial charge in [-0.2, -0.15) is 13.5 Å². The Bertz CT molecular complexity index is 665. The van der Waals surface area contributed by atoms with Crippen molar-refractivity contribution >= 4 is 21.8 Å². The number of nitrogens with zero attached hydrogens (tertiary/aromatic N) is 2. The number of carboxylic acid groups (broad SMARTS) is 1. The third-order valence-electron chi connectivity index (χ3n) is 2.01. The predicted molar refractivity (Wildman–Crippen MR) is 60.6 cm³/mol. The van der Waals surface area contributed by atoms with E-state index >= 15 is 0 Å². The zero-order chi connectivity index (χ0) is 13.2.